The van der Waals surface area contributed by atoms with Crippen LogP contribution in [0.4, 0.5) is 13.2 Å². The summed E-state index contributed by atoms with van der Waals surface area (Å²) in [5.74, 6) is 3.48. The van der Waals surface area contributed by atoms with Gasteiger partial charge >= 0.3 is 6.18 Å². The molecule has 2 fully saturated rings. The quantitative estimate of drug-likeness (QED) is 0.189. The molecule has 5 rings (SSSR count). The van der Waals surface area contributed by atoms with Gasteiger partial charge in [-0.1, -0.05) is 38.0 Å². The number of fused-ring (bicyclic) bond motifs is 5. The maximum atomic E-state index is 12.8. The van der Waals surface area contributed by atoms with Crippen LogP contribution in [0.5, 0.6) is 5.75 Å². The van der Waals surface area contributed by atoms with Crippen LogP contribution in [-0.2, 0) is 29.5 Å². The molecule has 4 nitrogen and oxygen atoms in total. The molecule has 0 aromatic heterocycles. The molecule has 43 heavy (non-hydrogen) atoms. The van der Waals surface area contributed by atoms with Crippen molar-refractivity contribution in [1.82, 2.24) is 4.90 Å². The third-order valence-corrected chi connectivity index (χ3v) is 12.3. The van der Waals surface area contributed by atoms with Crippen molar-refractivity contribution in [1.29, 1.82) is 0 Å². The molecule has 8 heteroatoms. The van der Waals surface area contributed by atoms with Crippen molar-refractivity contribution in [2.45, 2.75) is 95.1 Å². The average Bonchev–Trinajstić information content (AvgIpc) is 3.25. The predicted octanol–water partition coefficient (Wildman–Crippen LogP) is 7.69. The molecule has 0 bridgehead atoms. The molecule has 0 amide bonds. The highest BCUT2D eigenvalue weighted by Crippen LogP contribution is 2.63. The minimum absolute atomic E-state index is 0.0209. The van der Waals surface area contributed by atoms with Gasteiger partial charge in [-0.25, -0.2) is 0 Å². The van der Waals surface area contributed by atoms with Crippen LogP contribution >= 0.6 is 0 Å². The van der Waals surface area contributed by atoms with E-state index < -0.39 is 22.9 Å². The van der Waals surface area contributed by atoms with E-state index in [1.807, 2.05) is 12.1 Å². The van der Waals surface area contributed by atoms with E-state index in [0.29, 0.717) is 40.7 Å². The molecule has 3 aliphatic rings. The summed E-state index contributed by atoms with van der Waals surface area (Å²) in [6, 6.07) is 11.0. The number of hydrogen-bond acceptors (Lipinski definition) is 4. The standard InChI is InChI=1S/C35H48F3NO3S/c1-34-22-26(33-29-15-13-28(40)21-25(29)10-14-30(33)31(34)16-17-32(34)41)7-4-3-5-18-39(2)19-6-20-43(42)23-24-8-11-27(12-9-24)35(36,37)38/h8-9,11-13,15,21,26,30-33,40-41H,3-7,10,14,16-20,22-23H2,1-2H3/t26-,30-,31-,32-,33+,34-,43?/m0/s1. The Morgan fingerprint density at radius 1 is 1.00 bits per heavy atom. The van der Waals surface area contributed by atoms with Crippen LogP contribution in [0.2, 0.25) is 0 Å². The van der Waals surface area contributed by atoms with Crippen LogP contribution in [0.15, 0.2) is 42.5 Å². The van der Waals surface area contributed by atoms with Gasteiger partial charge in [0.2, 0.25) is 0 Å². The van der Waals surface area contributed by atoms with Gasteiger partial charge in [0.25, 0.3) is 0 Å². The third-order valence-electron chi connectivity index (χ3n) is 10.9. The van der Waals surface area contributed by atoms with Gasteiger partial charge in [-0.2, -0.15) is 13.2 Å². The maximum absolute atomic E-state index is 12.8. The van der Waals surface area contributed by atoms with Gasteiger partial charge in [0.05, 0.1) is 11.7 Å². The van der Waals surface area contributed by atoms with Crippen molar-refractivity contribution < 1.29 is 27.9 Å². The first-order valence-corrected chi connectivity index (χ1v) is 17.6. The van der Waals surface area contributed by atoms with Crippen molar-refractivity contribution >= 4 is 11.2 Å². The van der Waals surface area contributed by atoms with E-state index in [2.05, 4.69) is 24.9 Å². The second-order valence-electron chi connectivity index (χ2n) is 13.8. The molecule has 3 aliphatic carbocycles. The van der Waals surface area contributed by atoms with Gasteiger partial charge < -0.3 is 19.7 Å². The lowest BCUT2D eigenvalue weighted by Gasteiger charge is -2.54. The summed E-state index contributed by atoms with van der Waals surface area (Å²) in [6.07, 6.45) is 6.18. The Morgan fingerprint density at radius 3 is 2.49 bits per heavy atom. The summed E-state index contributed by atoms with van der Waals surface area (Å²) in [7, 11) is 2.10. The number of unbranched alkanes of at least 4 members (excludes halogenated alkanes) is 2. The van der Waals surface area contributed by atoms with E-state index in [0.717, 1.165) is 76.6 Å². The number of aliphatic hydroxyl groups is 1. The normalized spacial score (nSPS) is 29.3. The summed E-state index contributed by atoms with van der Waals surface area (Å²) in [4.78, 5) is 2.29. The maximum Gasteiger partial charge on any atom is 0.416 e. The number of phenolic OH excluding ortho intramolecular Hbond substituents is 1. The average molecular weight is 620 g/mol. The number of benzene rings is 2. The minimum Gasteiger partial charge on any atom is -0.616 e. The van der Waals surface area contributed by atoms with Gasteiger partial charge in [0.1, 0.15) is 17.3 Å². The largest absolute Gasteiger partial charge is 0.616 e. The molecule has 2 aromatic rings. The number of nitrogens with zero attached hydrogens (tertiary/aromatic N) is 1. The molecule has 2 N–H and O–H groups in total. The molecule has 2 saturated carbocycles. The minimum atomic E-state index is -4.35. The lowest BCUT2D eigenvalue weighted by Crippen LogP contribution is -2.47. The van der Waals surface area contributed by atoms with Crippen molar-refractivity contribution in [3.8, 4) is 5.75 Å². The van der Waals surface area contributed by atoms with Crippen LogP contribution in [-0.4, -0.2) is 51.7 Å². The smallest absolute Gasteiger partial charge is 0.416 e. The fraction of sp³-hybridized carbons (Fsp3) is 0.657. The van der Waals surface area contributed by atoms with Gasteiger partial charge in [-0.3, -0.25) is 0 Å². The summed E-state index contributed by atoms with van der Waals surface area (Å²) in [5, 5.41) is 21.1. The Balaban J connectivity index is 1.05. The third kappa shape index (κ3) is 7.57. The number of aliphatic hydroxyl groups excluding tert-OH is 1. The van der Waals surface area contributed by atoms with Crippen molar-refractivity contribution in [2.75, 3.05) is 25.9 Å². The Hall–Kier alpha value is -1.74. The fourth-order valence-corrected chi connectivity index (χ4v) is 9.91. The number of aromatic hydroxyl groups is 1. The second kappa shape index (κ2) is 13.7. The number of halogens is 3. The Labute approximate surface area is 258 Å². The highest BCUT2D eigenvalue weighted by molar-refractivity contribution is 7.90. The molecule has 238 valence electrons. The summed E-state index contributed by atoms with van der Waals surface area (Å²) in [6.45, 7) is 4.19. The Bertz CT molecular complexity index is 1210. The number of alkyl halides is 3. The number of phenols is 1. The van der Waals surface area contributed by atoms with Crippen molar-refractivity contribution in [3.05, 3.63) is 64.7 Å². The highest BCUT2D eigenvalue weighted by Gasteiger charge is 2.57. The first-order valence-electron chi connectivity index (χ1n) is 16.1. The van der Waals surface area contributed by atoms with E-state index in [4.69, 9.17) is 0 Å². The first-order chi connectivity index (χ1) is 20.5. The molecule has 1 unspecified atom stereocenters. The first kappa shape index (κ1) is 32.6. The Morgan fingerprint density at radius 2 is 1.74 bits per heavy atom. The lowest BCUT2D eigenvalue weighted by atomic mass is 9.51. The zero-order valence-corrected chi connectivity index (χ0v) is 26.4. The van der Waals surface area contributed by atoms with Crippen LogP contribution in [0.25, 0.3) is 0 Å². The van der Waals surface area contributed by atoms with Gasteiger partial charge in [-0.15, -0.1) is 0 Å². The summed E-state index contributed by atoms with van der Waals surface area (Å²) >= 11 is -1.10. The SMILES string of the molecule is CN(CCCCC[C@H]1C[C@]2(C)[C@@H](O)CC[C@H]2[C@@H]2CCc3cc(O)ccc3[C@@H]12)CCC[S+]([O-])Cc1ccc(C(F)(F)F)cc1. The van der Waals surface area contributed by atoms with E-state index in [-0.39, 0.29) is 17.3 Å². The molecule has 0 heterocycles. The Kier molecular flexibility index (Phi) is 10.4. The number of hydrogen-bond donors (Lipinski definition) is 2. The second-order valence-corrected chi connectivity index (χ2v) is 15.3. The zero-order chi connectivity index (χ0) is 30.8. The summed E-state index contributed by atoms with van der Waals surface area (Å²) < 4.78 is 50.7. The molecule has 0 saturated heterocycles. The molecule has 7 atom stereocenters. The van der Waals surface area contributed by atoms with Crippen molar-refractivity contribution in [3.63, 3.8) is 0 Å². The van der Waals surface area contributed by atoms with E-state index in [1.165, 1.54) is 36.1 Å². The number of rotatable bonds is 12. The topological polar surface area (TPSA) is 66.8 Å². The van der Waals surface area contributed by atoms with E-state index in [1.54, 1.807) is 0 Å². The number of aryl methyl sites for hydroxylation is 1. The predicted molar refractivity (Wildman–Crippen MR) is 166 cm³/mol. The zero-order valence-electron chi connectivity index (χ0n) is 25.6. The highest BCUT2D eigenvalue weighted by atomic mass is 32.2. The summed E-state index contributed by atoms with van der Waals surface area (Å²) in [5.41, 5.74) is 2.77. The van der Waals surface area contributed by atoms with Crippen LogP contribution in [0.3, 0.4) is 0 Å². The molecular weight excluding hydrogens is 571 g/mol. The van der Waals surface area contributed by atoms with Gasteiger partial charge in [0, 0.05) is 18.5 Å². The molecule has 0 aliphatic heterocycles. The van der Waals surface area contributed by atoms with Gasteiger partial charge in [0.15, 0.2) is 0 Å². The lowest BCUT2D eigenvalue weighted by molar-refractivity contribution is -0.137. The van der Waals surface area contributed by atoms with E-state index >= 15 is 0 Å². The van der Waals surface area contributed by atoms with E-state index in [9.17, 15) is 27.9 Å². The van der Waals surface area contributed by atoms with Crippen LogP contribution in [0, 0.1) is 23.2 Å². The van der Waals surface area contributed by atoms with Crippen molar-refractivity contribution in [2.24, 2.45) is 23.2 Å². The molecule has 0 spiro atoms. The van der Waals surface area contributed by atoms with Gasteiger partial charge in [-0.05, 0) is 134 Å². The van der Waals surface area contributed by atoms with Crippen LogP contribution in [0.1, 0.15) is 92.9 Å². The fourth-order valence-electron chi connectivity index (χ4n) is 8.75. The molecule has 2 aromatic carbocycles. The monoisotopic (exact) mass is 619 g/mol. The molecule has 0 radical (unpaired) electrons. The van der Waals surface area contributed by atoms with Crippen LogP contribution < -0.4 is 0 Å². The molecular formula is C35H48F3NO3S.